The summed E-state index contributed by atoms with van der Waals surface area (Å²) >= 11 is 0. The number of rotatable bonds is 1. The van der Waals surface area contributed by atoms with Gasteiger partial charge in [0.05, 0.1) is 4.90 Å². The normalized spacial score (nSPS) is 11.1. The summed E-state index contributed by atoms with van der Waals surface area (Å²) in [5.41, 5.74) is 0. The van der Waals surface area contributed by atoms with Gasteiger partial charge in [0.1, 0.15) is 10.1 Å². The van der Waals surface area contributed by atoms with Crippen LogP contribution in [0.1, 0.15) is 0 Å². The Labute approximate surface area is 115 Å². The standard InChI is InChI=1S/C10H8O4S.Na/c11-9-5-1-4-8-7(9)3-2-6-10(8)15(12,13)14;/h1-6,11H,(H,12,13,14);/q;+1/p-2. The summed E-state index contributed by atoms with van der Waals surface area (Å²) in [5.74, 6) is -0.294. The Balaban J connectivity index is 0.00000128. The molecule has 0 aliphatic heterocycles. The molecule has 0 heterocycles. The van der Waals surface area contributed by atoms with E-state index in [1.807, 2.05) is 0 Å². The van der Waals surface area contributed by atoms with E-state index in [2.05, 4.69) is 0 Å². The van der Waals surface area contributed by atoms with Gasteiger partial charge in [0.25, 0.3) is 0 Å². The second-order valence-corrected chi connectivity index (χ2v) is 4.41. The van der Waals surface area contributed by atoms with Gasteiger partial charge in [0.2, 0.25) is 0 Å². The van der Waals surface area contributed by atoms with Crippen LogP contribution < -0.4 is 34.7 Å². The monoisotopic (exact) mass is 245 g/mol. The van der Waals surface area contributed by atoms with E-state index in [0.717, 1.165) is 0 Å². The number of benzene rings is 2. The maximum Gasteiger partial charge on any atom is 1.00 e. The van der Waals surface area contributed by atoms with Crippen molar-refractivity contribution in [3.05, 3.63) is 36.4 Å². The number of hydrogen-bond acceptors (Lipinski definition) is 4. The fourth-order valence-electron chi connectivity index (χ4n) is 1.47. The van der Waals surface area contributed by atoms with Gasteiger partial charge in [-0.25, -0.2) is 8.42 Å². The molecule has 0 unspecified atom stereocenters. The van der Waals surface area contributed by atoms with Gasteiger partial charge in [0, 0.05) is 0 Å². The first-order valence-corrected chi connectivity index (χ1v) is 5.55. The fraction of sp³-hybridized carbons (Fsp3) is 0. The molecular weight excluding hydrogens is 239 g/mol. The number of hydrogen-bond donors (Lipinski definition) is 0. The summed E-state index contributed by atoms with van der Waals surface area (Å²) in [4.78, 5) is -0.349. The summed E-state index contributed by atoms with van der Waals surface area (Å²) in [7, 11) is -4.54. The molecule has 0 saturated carbocycles. The van der Waals surface area contributed by atoms with E-state index in [1.54, 1.807) is 0 Å². The molecule has 4 nitrogen and oxygen atoms in total. The number of fused-ring (bicyclic) bond motifs is 1. The van der Waals surface area contributed by atoms with E-state index in [4.69, 9.17) is 0 Å². The minimum atomic E-state index is -4.54. The van der Waals surface area contributed by atoms with Crippen molar-refractivity contribution in [2.24, 2.45) is 0 Å². The SMILES string of the molecule is O=S(=O)([O-])c1cccc2c([O-])cccc12.[Na+]. The Bertz CT molecular complexity index is 622. The third-order valence-electron chi connectivity index (χ3n) is 2.11. The Hall–Kier alpha value is -0.590. The maximum atomic E-state index is 11.4. The Morgan fingerprint density at radius 1 is 0.938 bits per heavy atom. The average Bonchev–Trinajstić information content (AvgIpc) is 2.16. The predicted octanol–water partition coefficient (Wildman–Crippen LogP) is -2.18. The van der Waals surface area contributed by atoms with E-state index >= 15 is 0 Å². The van der Waals surface area contributed by atoms with Crippen LogP contribution in [0.15, 0.2) is 41.3 Å². The van der Waals surface area contributed by atoms with Crippen LogP contribution in [0.25, 0.3) is 10.8 Å². The van der Waals surface area contributed by atoms with Crippen molar-refractivity contribution in [2.75, 3.05) is 0 Å². The summed E-state index contributed by atoms with van der Waals surface area (Å²) in [5, 5.41) is 11.8. The molecule has 0 N–H and O–H groups in total. The zero-order valence-electron chi connectivity index (χ0n) is 8.51. The molecule has 0 fully saturated rings. The molecule has 0 bridgehead atoms. The zero-order valence-corrected chi connectivity index (χ0v) is 11.3. The topological polar surface area (TPSA) is 80.3 Å². The second-order valence-electron chi connectivity index (χ2n) is 3.06. The van der Waals surface area contributed by atoms with Crippen LogP contribution in [-0.2, 0) is 10.1 Å². The Kier molecular flexibility index (Phi) is 3.98. The van der Waals surface area contributed by atoms with Gasteiger partial charge < -0.3 is 9.66 Å². The van der Waals surface area contributed by atoms with Crippen LogP contribution in [0, 0.1) is 0 Å². The first kappa shape index (κ1) is 13.5. The maximum absolute atomic E-state index is 11.4. The smallest absolute Gasteiger partial charge is 0.872 e. The molecule has 0 aliphatic rings. The molecule has 78 valence electrons. The van der Waals surface area contributed by atoms with Crippen molar-refractivity contribution < 1.29 is 47.6 Å². The van der Waals surface area contributed by atoms with Crippen LogP contribution in [0.5, 0.6) is 5.75 Å². The van der Waals surface area contributed by atoms with E-state index in [-0.39, 0.29) is 51.0 Å². The van der Waals surface area contributed by atoms with Gasteiger partial charge in [-0.15, -0.1) is 5.75 Å². The molecule has 2 aromatic rings. The molecule has 0 aliphatic carbocycles. The van der Waals surface area contributed by atoms with Crippen LogP contribution in [-0.4, -0.2) is 13.0 Å². The Morgan fingerprint density at radius 2 is 1.50 bits per heavy atom. The summed E-state index contributed by atoms with van der Waals surface area (Å²) in [6, 6.07) is 8.27. The third kappa shape index (κ3) is 2.39. The molecule has 2 aromatic carbocycles. The van der Waals surface area contributed by atoms with Gasteiger partial charge in [-0.3, -0.25) is 0 Å². The van der Waals surface area contributed by atoms with Gasteiger partial charge in [0.15, 0.2) is 0 Å². The van der Waals surface area contributed by atoms with Crippen LogP contribution >= 0.6 is 0 Å². The van der Waals surface area contributed by atoms with Crippen molar-refractivity contribution >= 4 is 20.9 Å². The van der Waals surface area contributed by atoms with Gasteiger partial charge in [-0.1, -0.05) is 30.3 Å². The molecule has 16 heavy (non-hydrogen) atoms. The minimum absolute atomic E-state index is 0. The van der Waals surface area contributed by atoms with Crippen molar-refractivity contribution in [1.29, 1.82) is 0 Å². The van der Waals surface area contributed by atoms with Crippen molar-refractivity contribution in [3.63, 3.8) is 0 Å². The zero-order chi connectivity index (χ0) is 11.1. The van der Waals surface area contributed by atoms with Crippen molar-refractivity contribution in [2.45, 2.75) is 4.90 Å². The third-order valence-corrected chi connectivity index (χ3v) is 3.01. The Morgan fingerprint density at radius 3 is 2.12 bits per heavy atom. The molecule has 6 heteroatoms. The average molecular weight is 245 g/mol. The molecular formula is C10H6NaO4S-. The molecule has 0 radical (unpaired) electrons. The molecule has 0 saturated heterocycles. The molecule has 0 aromatic heterocycles. The van der Waals surface area contributed by atoms with Gasteiger partial charge >= 0.3 is 29.6 Å². The molecule has 0 spiro atoms. The predicted molar refractivity (Wildman–Crippen MR) is 51.4 cm³/mol. The van der Waals surface area contributed by atoms with E-state index in [1.165, 1.54) is 36.4 Å². The van der Waals surface area contributed by atoms with Gasteiger partial charge in [-0.05, 0) is 16.8 Å². The van der Waals surface area contributed by atoms with Gasteiger partial charge in [-0.2, -0.15) is 0 Å². The minimum Gasteiger partial charge on any atom is -0.872 e. The van der Waals surface area contributed by atoms with Crippen LogP contribution in [0.3, 0.4) is 0 Å². The second kappa shape index (κ2) is 4.73. The summed E-state index contributed by atoms with van der Waals surface area (Å²) < 4.78 is 32.7. The molecule has 2 rings (SSSR count). The van der Waals surface area contributed by atoms with Crippen LogP contribution in [0.4, 0.5) is 0 Å². The van der Waals surface area contributed by atoms with Crippen LogP contribution in [0.2, 0.25) is 0 Å². The summed E-state index contributed by atoms with van der Waals surface area (Å²) in [6.07, 6.45) is 0. The van der Waals surface area contributed by atoms with Crippen molar-refractivity contribution in [1.82, 2.24) is 0 Å². The first-order chi connectivity index (χ1) is 7.00. The fourth-order valence-corrected chi connectivity index (χ4v) is 2.16. The van der Waals surface area contributed by atoms with E-state index in [9.17, 15) is 18.1 Å². The quantitative estimate of drug-likeness (QED) is 0.422. The van der Waals surface area contributed by atoms with Crippen molar-refractivity contribution in [3.8, 4) is 5.75 Å². The molecule has 0 atom stereocenters. The largest absolute Gasteiger partial charge is 1.00 e. The van der Waals surface area contributed by atoms with E-state index in [0.29, 0.717) is 0 Å². The summed E-state index contributed by atoms with van der Waals surface area (Å²) in [6.45, 7) is 0. The first-order valence-electron chi connectivity index (χ1n) is 4.15. The molecule has 0 amide bonds. The van der Waals surface area contributed by atoms with E-state index < -0.39 is 10.1 Å².